The van der Waals surface area contributed by atoms with Gasteiger partial charge in [0.05, 0.1) is 24.7 Å². The number of morpholine rings is 1. The van der Waals surface area contributed by atoms with E-state index in [2.05, 4.69) is 4.90 Å². The Hall–Kier alpha value is -1.67. The zero-order chi connectivity index (χ0) is 19.3. The monoisotopic (exact) mass is 391 g/mol. The number of sulfonamides is 1. The zero-order valence-electron chi connectivity index (χ0n) is 16.2. The van der Waals surface area contributed by atoms with Crippen molar-refractivity contribution in [1.82, 2.24) is 13.8 Å². The predicted octanol–water partition coefficient (Wildman–Crippen LogP) is 2.25. The van der Waals surface area contributed by atoms with E-state index in [4.69, 9.17) is 4.74 Å². The number of ether oxygens (including phenoxy) is 1. The summed E-state index contributed by atoms with van der Waals surface area (Å²) >= 11 is 0. The minimum atomic E-state index is -3.54. The van der Waals surface area contributed by atoms with Crippen LogP contribution >= 0.6 is 0 Å². The van der Waals surface area contributed by atoms with Gasteiger partial charge in [0, 0.05) is 38.6 Å². The lowest BCUT2D eigenvalue weighted by Gasteiger charge is -2.28. The number of nitrogens with zero attached hydrogens (tertiary/aromatic N) is 3. The molecule has 0 bridgehead atoms. The molecule has 3 rings (SSSR count). The number of hydrogen-bond donors (Lipinski definition) is 0. The van der Waals surface area contributed by atoms with Crippen LogP contribution in [-0.2, 0) is 28.4 Å². The fraction of sp³-hybridized carbons (Fsp3) is 0.500. The van der Waals surface area contributed by atoms with Crippen LogP contribution in [0.25, 0.3) is 0 Å². The normalized spacial score (nSPS) is 16.1. The summed E-state index contributed by atoms with van der Waals surface area (Å²) < 4.78 is 35.5. The van der Waals surface area contributed by atoms with Gasteiger partial charge in [0.15, 0.2) is 0 Å². The lowest BCUT2D eigenvalue weighted by molar-refractivity contribution is 0.0368. The quantitative estimate of drug-likeness (QED) is 0.693. The first-order valence-corrected chi connectivity index (χ1v) is 10.9. The molecule has 1 aromatic carbocycles. The van der Waals surface area contributed by atoms with Crippen LogP contribution in [0, 0.1) is 6.92 Å². The van der Waals surface area contributed by atoms with Crippen molar-refractivity contribution >= 4 is 10.0 Å². The van der Waals surface area contributed by atoms with Crippen LogP contribution in [0.5, 0.6) is 0 Å². The number of benzene rings is 1. The van der Waals surface area contributed by atoms with E-state index in [0.29, 0.717) is 18.0 Å². The Kier molecular flexibility index (Phi) is 6.70. The Balaban J connectivity index is 1.74. The molecule has 6 nitrogen and oxygen atoms in total. The molecule has 1 saturated heterocycles. The van der Waals surface area contributed by atoms with Crippen molar-refractivity contribution in [3.63, 3.8) is 0 Å². The van der Waals surface area contributed by atoms with Gasteiger partial charge in [-0.2, -0.15) is 4.31 Å². The molecule has 1 aliphatic rings. The van der Waals surface area contributed by atoms with Crippen molar-refractivity contribution in [2.75, 3.05) is 39.4 Å². The van der Waals surface area contributed by atoms with Crippen LogP contribution in [0.3, 0.4) is 0 Å². The summed E-state index contributed by atoms with van der Waals surface area (Å²) in [5.74, 6) is 0. The fourth-order valence-corrected chi connectivity index (χ4v) is 4.73. The molecule has 0 amide bonds. The van der Waals surface area contributed by atoms with E-state index in [9.17, 15) is 8.42 Å². The molecule has 0 radical (unpaired) electrons. The molecule has 1 aliphatic heterocycles. The van der Waals surface area contributed by atoms with Gasteiger partial charge >= 0.3 is 0 Å². The standard InChI is InChI=1S/C20H29N3O3S/c1-18-6-8-20(9-7-18)27(24,25)23(17-19-5-3-10-21(19)2)12-4-11-22-13-15-26-16-14-22/h3,5-10H,4,11-17H2,1-2H3. The predicted molar refractivity (Wildman–Crippen MR) is 106 cm³/mol. The van der Waals surface area contributed by atoms with Crippen LogP contribution in [-0.4, -0.2) is 61.6 Å². The third kappa shape index (κ3) is 5.19. The van der Waals surface area contributed by atoms with Crippen LogP contribution < -0.4 is 0 Å². The third-order valence-corrected chi connectivity index (χ3v) is 6.89. The zero-order valence-corrected chi connectivity index (χ0v) is 17.0. The van der Waals surface area contributed by atoms with Gasteiger partial charge in [0.1, 0.15) is 0 Å². The molecule has 0 spiro atoms. The molecule has 0 saturated carbocycles. The first-order chi connectivity index (χ1) is 13.0. The second-order valence-corrected chi connectivity index (χ2v) is 9.01. The number of rotatable bonds is 8. The van der Waals surface area contributed by atoms with Gasteiger partial charge in [-0.25, -0.2) is 8.42 Å². The van der Waals surface area contributed by atoms with Gasteiger partial charge in [0.25, 0.3) is 0 Å². The molecule has 0 atom stereocenters. The van der Waals surface area contributed by atoms with E-state index in [1.54, 1.807) is 16.4 Å². The van der Waals surface area contributed by atoms with Crippen molar-refractivity contribution in [1.29, 1.82) is 0 Å². The van der Waals surface area contributed by atoms with E-state index in [-0.39, 0.29) is 0 Å². The minimum Gasteiger partial charge on any atom is -0.379 e. The lowest BCUT2D eigenvalue weighted by Crippen LogP contribution is -2.39. The average molecular weight is 392 g/mol. The molecular weight excluding hydrogens is 362 g/mol. The molecule has 0 unspecified atom stereocenters. The smallest absolute Gasteiger partial charge is 0.243 e. The summed E-state index contributed by atoms with van der Waals surface area (Å²) in [6.07, 6.45) is 2.75. The number of aromatic nitrogens is 1. The van der Waals surface area contributed by atoms with Gasteiger partial charge in [-0.15, -0.1) is 0 Å². The maximum atomic E-state index is 13.2. The fourth-order valence-electron chi connectivity index (χ4n) is 3.28. The largest absolute Gasteiger partial charge is 0.379 e. The second-order valence-electron chi connectivity index (χ2n) is 7.07. The summed E-state index contributed by atoms with van der Waals surface area (Å²) in [5, 5.41) is 0. The van der Waals surface area contributed by atoms with E-state index in [1.807, 2.05) is 49.0 Å². The molecule has 7 heteroatoms. The summed E-state index contributed by atoms with van der Waals surface area (Å²) in [7, 11) is -1.59. The van der Waals surface area contributed by atoms with Gasteiger partial charge in [-0.1, -0.05) is 17.7 Å². The molecule has 1 aromatic heterocycles. The average Bonchev–Trinajstić information content (AvgIpc) is 3.07. The molecule has 27 heavy (non-hydrogen) atoms. The Morgan fingerprint density at radius 1 is 1.11 bits per heavy atom. The highest BCUT2D eigenvalue weighted by Gasteiger charge is 2.25. The summed E-state index contributed by atoms with van der Waals surface area (Å²) in [6.45, 7) is 7.08. The second kappa shape index (κ2) is 9.01. The number of hydrogen-bond acceptors (Lipinski definition) is 4. The molecule has 0 N–H and O–H groups in total. The van der Waals surface area contributed by atoms with Crippen molar-refractivity contribution in [2.45, 2.75) is 24.8 Å². The Bertz CT molecular complexity index is 824. The maximum Gasteiger partial charge on any atom is 0.243 e. The summed E-state index contributed by atoms with van der Waals surface area (Å²) in [5.41, 5.74) is 2.03. The summed E-state index contributed by atoms with van der Waals surface area (Å²) in [4.78, 5) is 2.69. The Morgan fingerprint density at radius 2 is 1.81 bits per heavy atom. The Labute approximate surface area is 162 Å². The van der Waals surface area contributed by atoms with Crippen molar-refractivity contribution in [2.24, 2.45) is 7.05 Å². The maximum absolute atomic E-state index is 13.2. The molecule has 1 fully saturated rings. The minimum absolute atomic E-state index is 0.355. The van der Waals surface area contributed by atoms with E-state index >= 15 is 0 Å². The highest BCUT2D eigenvalue weighted by Crippen LogP contribution is 2.20. The summed E-state index contributed by atoms with van der Waals surface area (Å²) in [6, 6.07) is 11.0. The van der Waals surface area contributed by atoms with Gasteiger partial charge in [-0.3, -0.25) is 4.90 Å². The van der Waals surface area contributed by atoms with Crippen LogP contribution in [0.4, 0.5) is 0 Å². The van der Waals surface area contributed by atoms with Crippen molar-refractivity contribution in [3.05, 3.63) is 53.9 Å². The van der Waals surface area contributed by atoms with Crippen LogP contribution in [0.2, 0.25) is 0 Å². The first kappa shape index (κ1) is 20.1. The van der Waals surface area contributed by atoms with Crippen molar-refractivity contribution in [3.8, 4) is 0 Å². The lowest BCUT2D eigenvalue weighted by atomic mass is 10.2. The first-order valence-electron chi connectivity index (χ1n) is 9.44. The molecule has 148 valence electrons. The molecule has 2 aromatic rings. The Morgan fingerprint density at radius 3 is 2.44 bits per heavy atom. The molecule has 2 heterocycles. The van der Waals surface area contributed by atoms with Crippen LogP contribution in [0.15, 0.2) is 47.5 Å². The highest BCUT2D eigenvalue weighted by molar-refractivity contribution is 7.89. The van der Waals surface area contributed by atoms with E-state index < -0.39 is 10.0 Å². The van der Waals surface area contributed by atoms with Gasteiger partial charge in [-0.05, 0) is 44.2 Å². The topological polar surface area (TPSA) is 54.8 Å². The third-order valence-electron chi connectivity index (χ3n) is 5.03. The number of aryl methyl sites for hydroxylation is 2. The SMILES string of the molecule is Cc1ccc(S(=O)(=O)N(CCCN2CCOCC2)Cc2cccn2C)cc1. The van der Waals surface area contributed by atoms with Gasteiger partial charge in [0.2, 0.25) is 10.0 Å². The highest BCUT2D eigenvalue weighted by atomic mass is 32.2. The van der Waals surface area contributed by atoms with E-state index in [1.165, 1.54) is 0 Å². The van der Waals surface area contributed by atoms with Crippen LogP contribution in [0.1, 0.15) is 17.7 Å². The van der Waals surface area contributed by atoms with Gasteiger partial charge < -0.3 is 9.30 Å². The molecule has 0 aliphatic carbocycles. The molecular formula is C20H29N3O3S. The van der Waals surface area contributed by atoms with Crippen molar-refractivity contribution < 1.29 is 13.2 Å². The van der Waals surface area contributed by atoms with E-state index in [0.717, 1.165) is 50.5 Å².